The number of rotatable bonds is 7. The van der Waals surface area contributed by atoms with Gasteiger partial charge in [-0.05, 0) is 36.3 Å². The van der Waals surface area contributed by atoms with Crippen LogP contribution < -0.4 is 4.74 Å². The maximum absolute atomic E-state index is 12.2. The fourth-order valence-electron chi connectivity index (χ4n) is 3.37. The lowest BCUT2D eigenvalue weighted by molar-refractivity contribution is -0.128. The minimum Gasteiger partial charge on any atom is -0.417 e. The van der Waals surface area contributed by atoms with E-state index in [2.05, 4.69) is 76.8 Å². The summed E-state index contributed by atoms with van der Waals surface area (Å²) in [5, 5.41) is 0. The number of para-hydroxylation sites is 1. The van der Waals surface area contributed by atoms with Crippen LogP contribution in [0.1, 0.15) is 55.4 Å². The third-order valence-electron chi connectivity index (χ3n) is 4.21. The standard InChI is InChI=1S/C21H33BN2O2/c1-16(2)23(17(3)4)22(24(18(5)6)19(7)8)15-14-21(25)26-20-12-10-9-11-13-20/h9-13,16-19H,1-8H3. The van der Waals surface area contributed by atoms with Crippen molar-refractivity contribution >= 4 is 13.0 Å². The van der Waals surface area contributed by atoms with Gasteiger partial charge in [-0.3, -0.25) is 0 Å². The second-order valence-corrected chi connectivity index (χ2v) is 7.61. The molecule has 0 saturated carbocycles. The van der Waals surface area contributed by atoms with E-state index in [1.807, 2.05) is 18.2 Å². The predicted molar refractivity (Wildman–Crippen MR) is 110 cm³/mol. The van der Waals surface area contributed by atoms with Crippen molar-refractivity contribution in [1.82, 2.24) is 9.62 Å². The van der Waals surface area contributed by atoms with Crippen LogP contribution in [0.4, 0.5) is 0 Å². The van der Waals surface area contributed by atoms with Gasteiger partial charge in [0.25, 0.3) is 0 Å². The van der Waals surface area contributed by atoms with Crippen molar-refractivity contribution in [3.8, 4) is 17.5 Å². The number of esters is 1. The zero-order chi connectivity index (χ0) is 19.9. The molecule has 0 fully saturated rings. The number of nitrogens with zero attached hydrogens (tertiary/aromatic N) is 2. The summed E-state index contributed by atoms with van der Waals surface area (Å²) in [5.74, 6) is 5.89. The number of carbonyl (C=O) groups excluding carboxylic acids is 1. The second-order valence-electron chi connectivity index (χ2n) is 7.61. The van der Waals surface area contributed by atoms with Gasteiger partial charge in [-0.1, -0.05) is 73.6 Å². The molecule has 26 heavy (non-hydrogen) atoms. The van der Waals surface area contributed by atoms with Crippen LogP contribution in [0.2, 0.25) is 0 Å². The first-order valence-electron chi connectivity index (χ1n) is 9.48. The molecule has 5 heteroatoms. The van der Waals surface area contributed by atoms with E-state index in [1.165, 1.54) is 0 Å². The number of carbonyl (C=O) groups is 1. The van der Waals surface area contributed by atoms with Crippen LogP contribution in [-0.2, 0) is 4.79 Å². The van der Waals surface area contributed by atoms with Crippen LogP contribution in [0, 0.1) is 11.7 Å². The lowest BCUT2D eigenvalue weighted by Gasteiger charge is -2.42. The summed E-state index contributed by atoms with van der Waals surface area (Å²) >= 11 is 0. The molecule has 0 spiro atoms. The molecule has 0 amide bonds. The van der Waals surface area contributed by atoms with Gasteiger partial charge < -0.3 is 14.4 Å². The summed E-state index contributed by atoms with van der Waals surface area (Å²) in [6, 6.07) is 10.3. The topological polar surface area (TPSA) is 32.8 Å². The van der Waals surface area contributed by atoms with Gasteiger partial charge in [0.1, 0.15) is 5.75 Å². The molecule has 1 aromatic carbocycles. The maximum atomic E-state index is 12.2. The highest BCUT2D eigenvalue weighted by atomic mass is 16.5. The van der Waals surface area contributed by atoms with Crippen molar-refractivity contribution in [2.45, 2.75) is 79.6 Å². The smallest absolute Gasteiger partial charge is 0.401 e. The van der Waals surface area contributed by atoms with Crippen LogP contribution in [0.5, 0.6) is 5.75 Å². The number of hydrogen-bond acceptors (Lipinski definition) is 4. The van der Waals surface area contributed by atoms with E-state index in [0.29, 0.717) is 29.9 Å². The summed E-state index contributed by atoms with van der Waals surface area (Å²) in [7, 11) is 0. The molecule has 4 nitrogen and oxygen atoms in total. The van der Waals surface area contributed by atoms with E-state index in [0.717, 1.165) is 0 Å². The van der Waals surface area contributed by atoms with Crippen molar-refractivity contribution in [1.29, 1.82) is 0 Å². The van der Waals surface area contributed by atoms with Crippen LogP contribution in [0.25, 0.3) is 0 Å². The molecule has 142 valence electrons. The Labute approximate surface area is 160 Å². The molecule has 0 aliphatic heterocycles. The minimum atomic E-state index is -0.527. The molecule has 0 N–H and O–H groups in total. The highest BCUT2D eigenvalue weighted by molar-refractivity contribution is 6.62. The quantitative estimate of drug-likeness (QED) is 0.321. The molecule has 0 unspecified atom stereocenters. The van der Waals surface area contributed by atoms with E-state index >= 15 is 0 Å². The SMILES string of the molecule is CC(C)N(B(C#CC(=O)Oc1ccccc1)N(C(C)C)C(C)C)C(C)C. The van der Waals surface area contributed by atoms with Gasteiger partial charge in [0.2, 0.25) is 0 Å². The van der Waals surface area contributed by atoms with E-state index < -0.39 is 5.97 Å². The summed E-state index contributed by atoms with van der Waals surface area (Å²) in [4.78, 5) is 16.9. The summed E-state index contributed by atoms with van der Waals surface area (Å²) in [6.45, 7) is 17.1. The van der Waals surface area contributed by atoms with Crippen LogP contribution in [0.15, 0.2) is 30.3 Å². The van der Waals surface area contributed by atoms with E-state index in [1.54, 1.807) is 12.1 Å². The third kappa shape index (κ3) is 6.51. The molecule has 0 aliphatic rings. The fraction of sp³-hybridized carbons (Fsp3) is 0.571. The zero-order valence-corrected chi connectivity index (χ0v) is 17.5. The van der Waals surface area contributed by atoms with Crippen LogP contribution >= 0.6 is 0 Å². The van der Waals surface area contributed by atoms with E-state index in [4.69, 9.17) is 4.74 Å². The van der Waals surface area contributed by atoms with Crippen molar-refractivity contribution in [3.63, 3.8) is 0 Å². The third-order valence-corrected chi connectivity index (χ3v) is 4.21. The molecule has 0 aromatic heterocycles. The van der Waals surface area contributed by atoms with Gasteiger partial charge in [0, 0.05) is 5.92 Å². The lowest BCUT2D eigenvalue weighted by atomic mass is 9.68. The summed E-state index contributed by atoms with van der Waals surface area (Å²) < 4.78 is 5.32. The Kier molecular flexibility index (Phi) is 8.91. The first-order chi connectivity index (χ1) is 12.1. The Hall–Kier alpha value is -1.77. The van der Waals surface area contributed by atoms with Crippen LogP contribution in [-0.4, -0.2) is 46.7 Å². The molecule has 1 aromatic rings. The molecule has 0 bridgehead atoms. The van der Waals surface area contributed by atoms with Gasteiger partial charge in [-0.15, -0.1) is 5.82 Å². The van der Waals surface area contributed by atoms with E-state index in [-0.39, 0.29) is 6.98 Å². The first-order valence-corrected chi connectivity index (χ1v) is 9.48. The van der Waals surface area contributed by atoms with Gasteiger partial charge in [0.05, 0.1) is 0 Å². The van der Waals surface area contributed by atoms with E-state index in [9.17, 15) is 4.79 Å². The Balaban J connectivity index is 3.14. The van der Waals surface area contributed by atoms with Gasteiger partial charge >= 0.3 is 13.0 Å². The van der Waals surface area contributed by atoms with Crippen molar-refractivity contribution < 1.29 is 9.53 Å². The minimum absolute atomic E-state index is 0.154. The van der Waals surface area contributed by atoms with Gasteiger partial charge in [-0.2, -0.15) is 0 Å². The highest BCUT2D eigenvalue weighted by Crippen LogP contribution is 2.16. The average molecular weight is 356 g/mol. The maximum Gasteiger partial charge on any atom is 0.401 e. The molecule has 0 saturated heterocycles. The molecule has 0 atom stereocenters. The van der Waals surface area contributed by atoms with Crippen molar-refractivity contribution in [2.75, 3.05) is 0 Å². The molecule has 0 heterocycles. The largest absolute Gasteiger partial charge is 0.417 e. The summed E-state index contributed by atoms with van der Waals surface area (Å²) in [5.41, 5.74) is 0. The monoisotopic (exact) mass is 356 g/mol. The molecule has 0 radical (unpaired) electrons. The van der Waals surface area contributed by atoms with Crippen molar-refractivity contribution in [3.05, 3.63) is 30.3 Å². The zero-order valence-electron chi connectivity index (χ0n) is 17.5. The Morgan fingerprint density at radius 2 is 1.27 bits per heavy atom. The normalized spacial score (nSPS) is 11.5. The average Bonchev–Trinajstić information content (AvgIpc) is 2.52. The van der Waals surface area contributed by atoms with Gasteiger partial charge in [-0.25, -0.2) is 4.79 Å². The molecule has 0 aliphatic carbocycles. The highest BCUT2D eigenvalue weighted by Gasteiger charge is 2.36. The lowest BCUT2D eigenvalue weighted by Crippen LogP contribution is -2.61. The van der Waals surface area contributed by atoms with Crippen molar-refractivity contribution in [2.24, 2.45) is 0 Å². The predicted octanol–water partition coefficient (Wildman–Crippen LogP) is 3.86. The fourth-order valence-corrected chi connectivity index (χ4v) is 3.37. The Bertz CT molecular complexity index is 582. The molecular formula is C21H33BN2O2. The van der Waals surface area contributed by atoms with Crippen LogP contribution in [0.3, 0.4) is 0 Å². The molecule has 1 rings (SSSR count). The number of ether oxygens (including phenoxy) is 1. The molecular weight excluding hydrogens is 323 g/mol. The number of hydrogen-bond donors (Lipinski definition) is 0. The Morgan fingerprint density at radius 1 is 0.846 bits per heavy atom. The Morgan fingerprint density at radius 3 is 1.65 bits per heavy atom. The number of benzene rings is 1. The summed E-state index contributed by atoms with van der Waals surface area (Å²) in [6.07, 6.45) is 0. The van der Waals surface area contributed by atoms with Gasteiger partial charge in [0.15, 0.2) is 0 Å². The second kappa shape index (κ2) is 10.4. The first kappa shape index (κ1) is 22.3.